The summed E-state index contributed by atoms with van der Waals surface area (Å²) in [6.45, 7) is 0.498. The summed E-state index contributed by atoms with van der Waals surface area (Å²) in [5.74, 6) is 0.480. The van der Waals surface area contributed by atoms with Gasteiger partial charge in [0.15, 0.2) is 0 Å². The Hall–Kier alpha value is -1.53. The molecule has 2 aromatic rings. The summed E-state index contributed by atoms with van der Waals surface area (Å²) in [6, 6.07) is 6.36. The van der Waals surface area contributed by atoms with Crippen molar-refractivity contribution in [3.8, 4) is 0 Å². The molecule has 0 saturated carbocycles. The molecule has 1 saturated heterocycles. The van der Waals surface area contributed by atoms with Crippen molar-refractivity contribution in [3.63, 3.8) is 0 Å². The van der Waals surface area contributed by atoms with Crippen LogP contribution in [0.3, 0.4) is 0 Å². The summed E-state index contributed by atoms with van der Waals surface area (Å²) in [4.78, 5) is 10.2. The molecule has 0 aliphatic carbocycles. The lowest BCUT2D eigenvalue weighted by molar-refractivity contribution is 0.194. The standard InChI is InChI=1S/C14H13BrFN3O/c15-12-6-17-8-18-14(12)19-7-11(20)5-13(19)9-1-3-10(16)4-2-9/h1-4,6,8,11,13,20H,5,7H2/t11-,13-/m1/s1. The van der Waals surface area contributed by atoms with Crippen molar-refractivity contribution >= 4 is 21.7 Å². The van der Waals surface area contributed by atoms with Crippen LogP contribution in [-0.4, -0.2) is 27.7 Å². The molecule has 1 fully saturated rings. The molecular formula is C14H13BrFN3O. The second-order valence-corrected chi connectivity index (χ2v) is 5.66. The van der Waals surface area contributed by atoms with Crippen LogP contribution in [-0.2, 0) is 0 Å². The van der Waals surface area contributed by atoms with Crippen LogP contribution in [0.1, 0.15) is 18.0 Å². The molecule has 1 aromatic carbocycles. The van der Waals surface area contributed by atoms with Gasteiger partial charge in [0.05, 0.1) is 16.6 Å². The first-order valence-corrected chi connectivity index (χ1v) is 7.10. The molecule has 104 valence electrons. The van der Waals surface area contributed by atoms with E-state index < -0.39 is 6.10 Å². The molecule has 1 aliphatic heterocycles. The van der Waals surface area contributed by atoms with Gasteiger partial charge in [-0.05, 0) is 40.0 Å². The van der Waals surface area contributed by atoms with Crippen molar-refractivity contribution in [3.05, 3.63) is 52.6 Å². The highest BCUT2D eigenvalue weighted by Crippen LogP contribution is 2.37. The van der Waals surface area contributed by atoms with Crippen molar-refractivity contribution in [2.75, 3.05) is 11.4 Å². The Balaban J connectivity index is 1.97. The lowest BCUT2D eigenvalue weighted by Gasteiger charge is -2.26. The van der Waals surface area contributed by atoms with Crippen molar-refractivity contribution in [1.82, 2.24) is 9.97 Å². The van der Waals surface area contributed by atoms with E-state index in [2.05, 4.69) is 25.9 Å². The van der Waals surface area contributed by atoms with Crippen LogP contribution in [0.5, 0.6) is 0 Å². The first-order chi connectivity index (χ1) is 9.65. The maximum absolute atomic E-state index is 13.0. The Kier molecular flexibility index (Phi) is 3.67. The number of aromatic nitrogens is 2. The van der Waals surface area contributed by atoms with Crippen LogP contribution in [0.25, 0.3) is 0 Å². The number of hydrogen-bond acceptors (Lipinski definition) is 4. The number of hydrogen-bond donors (Lipinski definition) is 1. The Labute approximate surface area is 124 Å². The highest BCUT2D eigenvalue weighted by molar-refractivity contribution is 9.10. The zero-order chi connectivity index (χ0) is 14.1. The lowest BCUT2D eigenvalue weighted by Crippen LogP contribution is -2.25. The molecule has 1 N–H and O–H groups in total. The molecular weight excluding hydrogens is 325 g/mol. The predicted molar refractivity (Wildman–Crippen MR) is 76.8 cm³/mol. The monoisotopic (exact) mass is 337 g/mol. The third kappa shape index (κ3) is 2.53. The van der Waals surface area contributed by atoms with Crippen LogP contribution in [0.15, 0.2) is 41.3 Å². The predicted octanol–water partition coefficient (Wildman–Crippen LogP) is 2.69. The molecule has 0 amide bonds. The largest absolute Gasteiger partial charge is 0.391 e. The summed E-state index contributed by atoms with van der Waals surface area (Å²) in [5, 5.41) is 9.96. The minimum Gasteiger partial charge on any atom is -0.391 e. The minimum absolute atomic E-state index is 0.0169. The lowest BCUT2D eigenvalue weighted by atomic mass is 10.0. The smallest absolute Gasteiger partial charge is 0.146 e. The van der Waals surface area contributed by atoms with Gasteiger partial charge in [-0.25, -0.2) is 14.4 Å². The Morgan fingerprint density at radius 3 is 2.75 bits per heavy atom. The molecule has 0 unspecified atom stereocenters. The molecule has 4 nitrogen and oxygen atoms in total. The third-order valence-electron chi connectivity index (χ3n) is 3.45. The van der Waals surface area contributed by atoms with E-state index in [4.69, 9.17) is 0 Å². The summed E-state index contributed by atoms with van der Waals surface area (Å²) >= 11 is 3.43. The number of aliphatic hydroxyl groups excluding tert-OH is 1. The second-order valence-electron chi connectivity index (χ2n) is 4.80. The number of rotatable bonds is 2. The van der Waals surface area contributed by atoms with Crippen LogP contribution in [0, 0.1) is 5.82 Å². The molecule has 0 radical (unpaired) electrons. The second kappa shape index (κ2) is 5.46. The average Bonchev–Trinajstić information content (AvgIpc) is 2.82. The number of β-amino-alcohol motifs (C(OH)–C–C–N with tert-alkyl or cyclic N) is 1. The first-order valence-electron chi connectivity index (χ1n) is 6.31. The molecule has 20 heavy (non-hydrogen) atoms. The van der Waals surface area contributed by atoms with Gasteiger partial charge in [-0.3, -0.25) is 0 Å². The zero-order valence-corrected chi connectivity index (χ0v) is 12.2. The van der Waals surface area contributed by atoms with E-state index in [9.17, 15) is 9.50 Å². The van der Waals surface area contributed by atoms with Gasteiger partial charge in [-0.1, -0.05) is 12.1 Å². The van der Waals surface area contributed by atoms with Crippen LogP contribution >= 0.6 is 15.9 Å². The van der Waals surface area contributed by atoms with E-state index in [1.54, 1.807) is 18.3 Å². The highest BCUT2D eigenvalue weighted by atomic mass is 79.9. The maximum atomic E-state index is 13.0. The average molecular weight is 338 g/mol. The van der Waals surface area contributed by atoms with Gasteiger partial charge in [0, 0.05) is 12.7 Å². The van der Waals surface area contributed by atoms with Gasteiger partial charge in [-0.2, -0.15) is 0 Å². The molecule has 0 spiro atoms. The van der Waals surface area contributed by atoms with Gasteiger partial charge in [-0.15, -0.1) is 0 Å². The van der Waals surface area contributed by atoms with E-state index in [0.717, 1.165) is 15.9 Å². The van der Waals surface area contributed by atoms with Gasteiger partial charge >= 0.3 is 0 Å². The normalized spacial score (nSPS) is 22.2. The fourth-order valence-corrected chi connectivity index (χ4v) is 3.01. The number of nitrogens with zero attached hydrogens (tertiary/aromatic N) is 3. The maximum Gasteiger partial charge on any atom is 0.146 e. The third-order valence-corrected chi connectivity index (χ3v) is 4.01. The molecule has 2 atom stereocenters. The first kappa shape index (κ1) is 13.5. The fraction of sp³-hybridized carbons (Fsp3) is 0.286. The number of halogens is 2. The highest BCUT2D eigenvalue weighted by Gasteiger charge is 2.33. The Bertz CT molecular complexity index is 608. The molecule has 1 aromatic heterocycles. The zero-order valence-electron chi connectivity index (χ0n) is 10.6. The van der Waals surface area contributed by atoms with E-state index in [0.29, 0.717) is 13.0 Å². The van der Waals surface area contributed by atoms with E-state index in [1.165, 1.54) is 18.5 Å². The molecule has 3 rings (SSSR count). The van der Waals surface area contributed by atoms with Gasteiger partial charge in [0.25, 0.3) is 0 Å². The van der Waals surface area contributed by atoms with Crippen molar-refractivity contribution < 1.29 is 9.50 Å². The van der Waals surface area contributed by atoms with Crippen molar-refractivity contribution in [1.29, 1.82) is 0 Å². The fourth-order valence-electron chi connectivity index (χ4n) is 2.57. The van der Waals surface area contributed by atoms with Crippen LogP contribution in [0.2, 0.25) is 0 Å². The number of anilines is 1. The van der Waals surface area contributed by atoms with Crippen molar-refractivity contribution in [2.45, 2.75) is 18.6 Å². The van der Waals surface area contributed by atoms with Crippen LogP contribution < -0.4 is 4.90 Å². The van der Waals surface area contributed by atoms with E-state index in [-0.39, 0.29) is 11.9 Å². The Morgan fingerprint density at radius 1 is 1.30 bits per heavy atom. The molecule has 1 aliphatic rings. The Morgan fingerprint density at radius 2 is 2.05 bits per heavy atom. The molecule has 2 heterocycles. The van der Waals surface area contributed by atoms with Crippen molar-refractivity contribution in [2.24, 2.45) is 0 Å². The summed E-state index contributed by atoms with van der Waals surface area (Å²) in [5.41, 5.74) is 0.966. The van der Waals surface area contributed by atoms with E-state index in [1.807, 2.05) is 4.90 Å². The minimum atomic E-state index is -0.424. The molecule has 6 heteroatoms. The van der Waals surface area contributed by atoms with Gasteiger partial charge in [0.2, 0.25) is 0 Å². The number of benzene rings is 1. The summed E-state index contributed by atoms with van der Waals surface area (Å²) in [7, 11) is 0. The summed E-state index contributed by atoms with van der Waals surface area (Å²) < 4.78 is 13.8. The van der Waals surface area contributed by atoms with Gasteiger partial charge in [0.1, 0.15) is 18.0 Å². The van der Waals surface area contributed by atoms with E-state index >= 15 is 0 Å². The van der Waals surface area contributed by atoms with Gasteiger partial charge < -0.3 is 10.0 Å². The SMILES string of the molecule is O[C@@H]1C[C@H](c2ccc(F)cc2)N(c2ncncc2Br)C1. The molecule has 0 bridgehead atoms. The summed E-state index contributed by atoms with van der Waals surface area (Å²) in [6.07, 6.45) is 3.33. The number of aliphatic hydroxyl groups is 1. The topological polar surface area (TPSA) is 49.2 Å². The quantitative estimate of drug-likeness (QED) is 0.915. The van der Waals surface area contributed by atoms with Crippen LogP contribution in [0.4, 0.5) is 10.2 Å².